The van der Waals surface area contributed by atoms with Crippen LogP contribution in [0.3, 0.4) is 0 Å². The van der Waals surface area contributed by atoms with Crippen LogP contribution in [0.5, 0.6) is 5.75 Å². The Balaban J connectivity index is 1.68. The van der Waals surface area contributed by atoms with Gasteiger partial charge in [0.2, 0.25) is 0 Å². The van der Waals surface area contributed by atoms with E-state index in [-0.39, 0.29) is 11.9 Å². The van der Waals surface area contributed by atoms with Gasteiger partial charge in [-0.3, -0.25) is 9.69 Å². The van der Waals surface area contributed by atoms with Gasteiger partial charge in [0, 0.05) is 37.8 Å². The summed E-state index contributed by atoms with van der Waals surface area (Å²) in [4.78, 5) is 29.5. The third kappa shape index (κ3) is 5.79. The average molecular weight is 461 g/mol. The number of ether oxygens (including phenoxy) is 3. The van der Waals surface area contributed by atoms with E-state index in [4.69, 9.17) is 25.8 Å². The zero-order valence-electron chi connectivity index (χ0n) is 18.5. The number of carbonyl (C=O) groups excluding carboxylic acids is 2. The van der Waals surface area contributed by atoms with Crippen molar-refractivity contribution in [2.75, 3.05) is 53.1 Å². The molecule has 1 fully saturated rings. The molecule has 3 rings (SSSR count). The van der Waals surface area contributed by atoms with E-state index in [1.807, 2.05) is 42.2 Å². The van der Waals surface area contributed by atoms with Crippen LogP contribution in [0, 0.1) is 0 Å². The molecule has 0 spiro atoms. The first-order chi connectivity index (χ1) is 15.6. The van der Waals surface area contributed by atoms with E-state index in [0.717, 1.165) is 0 Å². The largest absolute Gasteiger partial charge is 0.490 e. The second-order valence-corrected chi connectivity index (χ2v) is 7.72. The van der Waals surface area contributed by atoms with Gasteiger partial charge in [0.15, 0.2) is 0 Å². The minimum absolute atomic E-state index is 0.0935. The van der Waals surface area contributed by atoms with Gasteiger partial charge in [-0.25, -0.2) is 4.79 Å². The van der Waals surface area contributed by atoms with Crippen molar-refractivity contribution in [3.05, 3.63) is 64.7 Å². The number of methoxy groups -OCH3 is 1. The van der Waals surface area contributed by atoms with Gasteiger partial charge in [-0.2, -0.15) is 0 Å². The van der Waals surface area contributed by atoms with Crippen LogP contribution in [0.1, 0.15) is 28.9 Å². The van der Waals surface area contributed by atoms with E-state index in [1.165, 1.54) is 7.11 Å². The second-order valence-electron chi connectivity index (χ2n) is 7.32. The highest BCUT2D eigenvalue weighted by molar-refractivity contribution is 6.31. The maximum atomic E-state index is 13.2. The van der Waals surface area contributed by atoms with Crippen molar-refractivity contribution in [3.63, 3.8) is 0 Å². The molecule has 8 heteroatoms. The van der Waals surface area contributed by atoms with Gasteiger partial charge >= 0.3 is 5.97 Å². The summed E-state index contributed by atoms with van der Waals surface area (Å²) in [6.45, 7) is 5.38. The third-order valence-corrected chi connectivity index (χ3v) is 5.74. The number of hydrogen-bond donors (Lipinski definition) is 0. The highest BCUT2D eigenvalue weighted by Crippen LogP contribution is 2.30. The van der Waals surface area contributed by atoms with Crippen LogP contribution in [-0.4, -0.2) is 74.8 Å². The Hall–Kier alpha value is -2.61. The van der Waals surface area contributed by atoms with E-state index in [9.17, 15) is 9.59 Å². The molecule has 1 saturated heterocycles. The summed E-state index contributed by atoms with van der Waals surface area (Å²) >= 11 is 6.36. The molecule has 172 valence electrons. The van der Waals surface area contributed by atoms with Crippen molar-refractivity contribution in [1.82, 2.24) is 9.80 Å². The lowest BCUT2D eigenvalue weighted by atomic mass is 10.0. The number of amides is 1. The fourth-order valence-corrected chi connectivity index (χ4v) is 4.00. The zero-order chi connectivity index (χ0) is 22.9. The number of nitrogens with zero attached hydrogens (tertiary/aromatic N) is 2. The van der Waals surface area contributed by atoms with Crippen molar-refractivity contribution in [2.24, 2.45) is 0 Å². The topological polar surface area (TPSA) is 68.3 Å². The molecular weight excluding hydrogens is 432 g/mol. The average Bonchev–Trinajstić information content (AvgIpc) is 2.83. The minimum atomic E-state index is -0.611. The van der Waals surface area contributed by atoms with E-state index in [0.29, 0.717) is 67.9 Å². The summed E-state index contributed by atoms with van der Waals surface area (Å²) < 4.78 is 16.1. The van der Waals surface area contributed by atoms with Gasteiger partial charge in [0.05, 0.1) is 19.3 Å². The van der Waals surface area contributed by atoms with Crippen LogP contribution >= 0.6 is 11.6 Å². The van der Waals surface area contributed by atoms with E-state index in [2.05, 4.69) is 0 Å². The maximum Gasteiger partial charge on any atom is 0.327 e. The van der Waals surface area contributed by atoms with E-state index < -0.39 is 6.04 Å². The highest BCUT2D eigenvalue weighted by atomic mass is 35.5. The number of piperazine rings is 1. The third-order valence-electron chi connectivity index (χ3n) is 5.40. The Morgan fingerprint density at radius 1 is 1.00 bits per heavy atom. The molecule has 0 bridgehead atoms. The molecule has 32 heavy (non-hydrogen) atoms. The SMILES string of the molecule is CCOCCOc1ccccc1C(=O)N1CCN(C(C(=O)OC)c2ccccc2Cl)CC1. The summed E-state index contributed by atoms with van der Waals surface area (Å²) in [5.74, 6) is 0.0816. The molecule has 0 saturated carbocycles. The number of esters is 1. The summed E-state index contributed by atoms with van der Waals surface area (Å²) in [7, 11) is 1.37. The molecule has 1 heterocycles. The van der Waals surface area contributed by atoms with Gasteiger partial charge in [0.1, 0.15) is 18.4 Å². The molecule has 1 amide bonds. The fourth-order valence-electron chi connectivity index (χ4n) is 3.76. The molecule has 2 aromatic carbocycles. The molecule has 1 aliphatic rings. The first-order valence-corrected chi connectivity index (χ1v) is 11.1. The second kappa shape index (κ2) is 11.9. The van der Waals surface area contributed by atoms with Crippen LogP contribution in [0.15, 0.2) is 48.5 Å². The van der Waals surface area contributed by atoms with Gasteiger partial charge in [-0.05, 0) is 30.7 Å². The van der Waals surface area contributed by atoms with Crippen molar-refractivity contribution in [1.29, 1.82) is 0 Å². The van der Waals surface area contributed by atoms with Gasteiger partial charge in [-0.15, -0.1) is 0 Å². The maximum absolute atomic E-state index is 13.2. The summed E-state index contributed by atoms with van der Waals surface area (Å²) in [5.41, 5.74) is 1.22. The van der Waals surface area contributed by atoms with Crippen LogP contribution < -0.4 is 4.74 Å². The van der Waals surface area contributed by atoms with E-state index in [1.54, 1.807) is 23.1 Å². The minimum Gasteiger partial charge on any atom is -0.490 e. The highest BCUT2D eigenvalue weighted by Gasteiger charge is 2.34. The van der Waals surface area contributed by atoms with Crippen molar-refractivity contribution in [3.8, 4) is 5.75 Å². The normalized spacial score (nSPS) is 15.3. The Bertz CT molecular complexity index is 915. The molecule has 0 aliphatic carbocycles. The Kier molecular flexibility index (Phi) is 8.90. The van der Waals surface area contributed by atoms with Crippen molar-refractivity contribution >= 4 is 23.5 Å². The number of carbonyl (C=O) groups is 2. The Morgan fingerprint density at radius 3 is 2.38 bits per heavy atom. The number of benzene rings is 2. The first-order valence-electron chi connectivity index (χ1n) is 10.7. The number of hydrogen-bond acceptors (Lipinski definition) is 6. The van der Waals surface area contributed by atoms with Crippen molar-refractivity contribution in [2.45, 2.75) is 13.0 Å². The standard InChI is InChI=1S/C24H29ClN2O5/c1-3-31-16-17-32-21-11-7-5-9-19(21)23(28)27-14-12-26(13-15-27)22(24(29)30-2)18-8-4-6-10-20(18)25/h4-11,22H,3,12-17H2,1-2H3. The molecule has 0 aromatic heterocycles. The molecule has 1 atom stereocenters. The lowest BCUT2D eigenvalue weighted by molar-refractivity contribution is -0.148. The molecule has 2 aromatic rings. The van der Waals surface area contributed by atoms with E-state index >= 15 is 0 Å². The molecule has 0 N–H and O–H groups in total. The molecule has 1 aliphatic heterocycles. The molecular formula is C24H29ClN2O5. The Morgan fingerprint density at radius 2 is 1.69 bits per heavy atom. The van der Waals surface area contributed by atoms with Crippen molar-refractivity contribution < 1.29 is 23.8 Å². The number of rotatable bonds is 9. The van der Waals surface area contributed by atoms with Gasteiger partial charge in [-0.1, -0.05) is 41.9 Å². The summed E-state index contributed by atoms with van der Waals surface area (Å²) in [6.07, 6.45) is 0. The van der Waals surface area contributed by atoms with Crippen LogP contribution in [0.2, 0.25) is 5.02 Å². The fraction of sp³-hybridized carbons (Fsp3) is 0.417. The monoisotopic (exact) mass is 460 g/mol. The quantitative estimate of drug-likeness (QED) is 0.422. The lowest BCUT2D eigenvalue weighted by Crippen LogP contribution is -2.51. The summed E-state index contributed by atoms with van der Waals surface area (Å²) in [5, 5.41) is 0.513. The molecule has 7 nitrogen and oxygen atoms in total. The molecule has 1 unspecified atom stereocenters. The predicted molar refractivity (Wildman–Crippen MR) is 122 cm³/mol. The van der Waals surface area contributed by atoms with Gasteiger partial charge in [0.25, 0.3) is 5.91 Å². The Labute approximate surface area is 193 Å². The first kappa shape index (κ1) is 24.0. The van der Waals surface area contributed by atoms with Gasteiger partial charge < -0.3 is 19.1 Å². The predicted octanol–water partition coefficient (Wildman–Crippen LogP) is 3.43. The molecule has 0 radical (unpaired) electrons. The lowest BCUT2D eigenvalue weighted by Gasteiger charge is -2.38. The zero-order valence-corrected chi connectivity index (χ0v) is 19.2. The van der Waals surface area contributed by atoms with Crippen LogP contribution in [0.4, 0.5) is 0 Å². The van der Waals surface area contributed by atoms with Crippen LogP contribution in [-0.2, 0) is 14.3 Å². The smallest absolute Gasteiger partial charge is 0.327 e. The number of para-hydroxylation sites is 1. The number of halogens is 1. The summed E-state index contributed by atoms with van der Waals surface area (Å²) in [6, 6.07) is 13.9. The van der Waals surface area contributed by atoms with Crippen LogP contribution in [0.25, 0.3) is 0 Å².